The Morgan fingerprint density at radius 2 is 2.00 bits per heavy atom. The van der Waals surface area contributed by atoms with Gasteiger partial charge in [0.25, 0.3) is 0 Å². The van der Waals surface area contributed by atoms with E-state index < -0.39 is 5.97 Å². The Morgan fingerprint density at radius 1 is 1.32 bits per heavy atom. The van der Waals surface area contributed by atoms with Crippen LogP contribution in [0, 0.1) is 11.2 Å². The van der Waals surface area contributed by atoms with Gasteiger partial charge in [-0.1, -0.05) is 39.0 Å². The first kappa shape index (κ1) is 22.5. The van der Waals surface area contributed by atoms with Crippen molar-refractivity contribution in [3.63, 3.8) is 0 Å². The molecule has 154 valence electrons. The van der Waals surface area contributed by atoms with E-state index in [0.717, 1.165) is 29.2 Å². The van der Waals surface area contributed by atoms with Crippen LogP contribution in [0.1, 0.15) is 32.8 Å². The first-order valence-corrected chi connectivity index (χ1v) is 10.5. The normalized spacial score (nSPS) is 15.8. The van der Waals surface area contributed by atoms with E-state index >= 15 is 0 Å². The monoisotopic (exact) mass is 407 g/mol. The van der Waals surface area contributed by atoms with Crippen LogP contribution >= 0.6 is 11.8 Å². The number of carboxylic acids is 1. The number of ether oxygens (including phenoxy) is 1. The zero-order chi connectivity index (χ0) is 20.7. The van der Waals surface area contributed by atoms with E-state index in [2.05, 4.69) is 25.7 Å². The highest BCUT2D eigenvalue weighted by molar-refractivity contribution is 8.03. The fourth-order valence-electron chi connectivity index (χ4n) is 3.11. The Morgan fingerprint density at radius 3 is 2.57 bits per heavy atom. The van der Waals surface area contributed by atoms with Crippen molar-refractivity contribution in [3.8, 4) is 0 Å². The fraction of sp³-hybridized carbons (Fsp3) is 0.500. The summed E-state index contributed by atoms with van der Waals surface area (Å²) in [5, 5.41) is 10.4. The van der Waals surface area contributed by atoms with Gasteiger partial charge >= 0.3 is 5.97 Å². The standard InChI is InChI=1S/C22H30FNO3S/c1-22(2,3)19(27-4)15-24-13-5-8-18(21(25)26)20(24)28-14-6-7-16-9-11-17(23)12-10-16/h5,8-12,19H,6-7,13-15H2,1-4H3,(H,25,26). The van der Waals surface area contributed by atoms with E-state index in [9.17, 15) is 14.3 Å². The first-order chi connectivity index (χ1) is 13.2. The number of rotatable bonds is 9. The number of halogens is 1. The molecule has 1 aromatic carbocycles. The van der Waals surface area contributed by atoms with Crippen molar-refractivity contribution in [1.82, 2.24) is 4.90 Å². The van der Waals surface area contributed by atoms with Crippen LogP contribution in [-0.2, 0) is 16.0 Å². The predicted octanol–water partition coefficient (Wildman–Crippen LogP) is 4.72. The second kappa shape index (κ2) is 10.1. The molecular formula is C22H30FNO3S. The van der Waals surface area contributed by atoms with Gasteiger partial charge < -0.3 is 14.7 Å². The molecule has 1 atom stereocenters. The van der Waals surface area contributed by atoms with E-state index in [1.165, 1.54) is 12.1 Å². The summed E-state index contributed by atoms with van der Waals surface area (Å²) in [6.07, 6.45) is 5.30. The molecule has 0 saturated heterocycles. The van der Waals surface area contributed by atoms with Gasteiger partial charge in [0, 0.05) is 20.2 Å². The van der Waals surface area contributed by atoms with Gasteiger partial charge in [-0.3, -0.25) is 0 Å². The van der Waals surface area contributed by atoms with E-state index in [1.807, 2.05) is 6.08 Å². The minimum Gasteiger partial charge on any atom is -0.478 e. The number of nitrogens with zero attached hydrogens (tertiary/aromatic N) is 1. The Balaban J connectivity index is 2.04. The molecule has 28 heavy (non-hydrogen) atoms. The number of methoxy groups -OCH3 is 1. The van der Waals surface area contributed by atoms with Crippen molar-refractivity contribution in [2.24, 2.45) is 5.41 Å². The van der Waals surface area contributed by atoms with Gasteiger partial charge in [-0.05, 0) is 47.8 Å². The second-order valence-electron chi connectivity index (χ2n) is 8.00. The van der Waals surface area contributed by atoms with Gasteiger partial charge in [0.05, 0.1) is 16.7 Å². The van der Waals surface area contributed by atoms with Crippen molar-refractivity contribution in [1.29, 1.82) is 0 Å². The average Bonchev–Trinajstić information content (AvgIpc) is 2.64. The summed E-state index contributed by atoms with van der Waals surface area (Å²) in [6.45, 7) is 7.68. The van der Waals surface area contributed by atoms with Gasteiger partial charge in [-0.2, -0.15) is 0 Å². The number of aliphatic carboxylic acids is 1. The number of thioether (sulfide) groups is 1. The summed E-state index contributed by atoms with van der Waals surface area (Å²) in [5.74, 6) is -0.349. The number of carboxylic acid groups (broad SMARTS) is 1. The molecule has 0 amide bonds. The molecule has 0 aliphatic carbocycles. The van der Waals surface area contributed by atoms with Crippen molar-refractivity contribution >= 4 is 17.7 Å². The minimum absolute atomic E-state index is 0.0103. The summed E-state index contributed by atoms with van der Waals surface area (Å²) in [7, 11) is 1.70. The highest BCUT2D eigenvalue weighted by atomic mass is 32.2. The number of aryl methyl sites for hydroxylation is 1. The largest absolute Gasteiger partial charge is 0.478 e. The lowest BCUT2D eigenvalue weighted by Crippen LogP contribution is -2.41. The third-order valence-corrected chi connectivity index (χ3v) is 6.00. The molecule has 0 fully saturated rings. The highest BCUT2D eigenvalue weighted by Gasteiger charge is 2.29. The molecule has 2 rings (SSSR count). The first-order valence-electron chi connectivity index (χ1n) is 9.51. The lowest BCUT2D eigenvalue weighted by molar-refractivity contribution is -0.132. The lowest BCUT2D eigenvalue weighted by Gasteiger charge is -2.37. The van der Waals surface area contributed by atoms with Gasteiger partial charge in [-0.15, -0.1) is 11.8 Å². The molecule has 1 heterocycles. The molecule has 1 N–H and O–H groups in total. The third kappa shape index (κ3) is 6.38. The van der Waals surface area contributed by atoms with E-state index in [1.54, 1.807) is 37.1 Å². The summed E-state index contributed by atoms with van der Waals surface area (Å²) in [4.78, 5) is 13.8. The zero-order valence-corrected chi connectivity index (χ0v) is 17.9. The van der Waals surface area contributed by atoms with Crippen LogP contribution in [0.5, 0.6) is 0 Å². The lowest BCUT2D eigenvalue weighted by atomic mass is 9.88. The maximum absolute atomic E-state index is 13.0. The molecular weight excluding hydrogens is 377 g/mol. The molecule has 0 radical (unpaired) electrons. The molecule has 0 spiro atoms. The van der Waals surface area contributed by atoms with Crippen LogP contribution < -0.4 is 0 Å². The molecule has 0 bridgehead atoms. The highest BCUT2D eigenvalue weighted by Crippen LogP contribution is 2.32. The number of hydrogen-bond donors (Lipinski definition) is 1. The van der Waals surface area contributed by atoms with Crippen LogP contribution in [0.2, 0.25) is 0 Å². The molecule has 1 aliphatic rings. The maximum Gasteiger partial charge on any atom is 0.338 e. The molecule has 6 heteroatoms. The van der Waals surface area contributed by atoms with Crippen molar-refractivity contribution < 1.29 is 19.0 Å². The van der Waals surface area contributed by atoms with Crippen LogP contribution in [0.15, 0.2) is 47.0 Å². The second-order valence-corrected chi connectivity index (χ2v) is 9.08. The van der Waals surface area contributed by atoms with Gasteiger partial charge in [-0.25, -0.2) is 9.18 Å². The smallest absolute Gasteiger partial charge is 0.338 e. The molecule has 0 saturated carbocycles. The van der Waals surface area contributed by atoms with Gasteiger partial charge in [0.15, 0.2) is 0 Å². The van der Waals surface area contributed by atoms with Crippen LogP contribution in [0.25, 0.3) is 0 Å². The van der Waals surface area contributed by atoms with E-state index in [-0.39, 0.29) is 17.3 Å². The Hall–Kier alpha value is -1.79. The molecule has 1 unspecified atom stereocenters. The van der Waals surface area contributed by atoms with Gasteiger partial charge in [0.1, 0.15) is 5.82 Å². The summed E-state index contributed by atoms with van der Waals surface area (Å²) >= 11 is 1.57. The Bertz CT molecular complexity index is 722. The summed E-state index contributed by atoms with van der Waals surface area (Å²) in [5.41, 5.74) is 1.38. The minimum atomic E-state index is -0.910. The van der Waals surface area contributed by atoms with Gasteiger partial charge in [0.2, 0.25) is 0 Å². The van der Waals surface area contributed by atoms with Crippen LogP contribution in [-0.4, -0.2) is 48.0 Å². The molecule has 0 aromatic heterocycles. The third-order valence-electron chi connectivity index (χ3n) is 4.76. The predicted molar refractivity (Wildman–Crippen MR) is 113 cm³/mol. The summed E-state index contributed by atoms with van der Waals surface area (Å²) < 4.78 is 18.7. The van der Waals surface area contributed by atoms with Crippen molar-refractivity contribution in [3.05, 3.63) is 58.4 Å². The number of hydrogen-bond acceptors (Lipinski definition) is 4. The average molecular weight is 408 g/mol. The maximum atomic E-state index is 13.0. The zero-order valence-electron chi connectivity index (χ0n) is 17.1. The molecule has 1 aromatic rings. The van der Waals surface area contributed by atoms with E-state index in [0.29, 0.717) is 18.7 Å². The number of carbonyl (C=O) groups is 1. The van der Waals surface area contributed by atoms with E-state index in [4.69, 9.17) is 4.74 Å². The fourth-order valence-corrected chi connectivity index (χ4v) is 4.23. The van der Waals surface area contributed by atoms with Crippen molar-refractivity contribution in [2.45, 2.75) is 39.7 Å². The Kier molecular flexibility index (Phi) is 8.13. The molecule has 4 nitrogen and oxygen atoms in total. The summed E-state index contributed by atoms with van der Waals surface area (Å²) in [6, 6.07) is 6.53. The SMILES string of the molecule is COC(CN1CC=CC(C(=O)O)=C1SCCCc1ccc(F)cc1)C(C)(C)C. The Labute approximate surface area is 171 Å². The number of benzene rings is 1. The topological polar surface area (TPSA) is 49.8 Å². The van der Waals surface area contributed by atoms with Crippen LogP contribution in [0.3, 0.4) is 0 Å². The van der Waals surface area contributed by atoms with Crippen LogP contribution in [0.4, 0.5) is 4.39 Å². The quantitative estimate of drug-likeness (QED) is 0.600. The van der Waals surface area contributed by atoms with Crippen molar-refractivity contribution in [2.75, 3.05) is 26.0 Å². The molecule has 1 aliphatic heterocycles.